The molecule has 0 amide bonds. The summed E-state index contributed by atoms with van der Waals surface area (Å²) in [5.74, 6) is 0.633. The van der Waals surface area contributed by atoms with Crippen LogP contribution in [0.5, 0.6) is 0 Å². The molecule has 1 aliphatic rings. The molecule has 0 heterocycles. The fourth-order valence-corrected chi connectivity index (χ4v) is 4.18. The monoisotopic (exact) mass is 339 g/mol. The lowest BCUT2D eigenvalue weighted by Gasteiger charge is -2.33. The summed E-state index contributed by atoms with van der Waals surface area (Å²) in [5.41, 5.74) is 1.08. The first kappa shape index (κ1) is 18.4. The minimum atomic E-state index is -3.15. The summed E-state index contributed by atoms with van der Waals surface area (Å²) in [6, 6.07) is 7.57. The van der Waals surface area contributed by atoms with Gasteiger partial charge >= 0.3 is 0 Å². The highest BCUT2D eigenvalue weighted by atomic mass is 32.2. The van der Waals surface area contributed by atoms with Crippen molar-refractivity contribution in [1.29, 1.82) is 0 Å². The Balaban J connectivity index is 2.04. The van der Waals surface area contributed by atoms with Crippen molar-refractivity contribution in [3.8, 4) is 0 Å². The Bertz CT molecular complexity index is 577. The number of sulfone groups is 1. The van der Waals surface area contributed by atoms with E-state index in [0.29, 0.717) is 16.9 Å². The van der Waals surface area contributed by atoms with E-state index in [1.54, 1.807) is 12.1 Å². The van der Waals surface area contributed by atoms with Crippen molar-refractivity contribution in [2.75, 3.05) is 12.9 Å². The van der Waals surface area contributed by atoms with E-state index in [1.165, 1.54) is 38.4 Å². The molecule has 2 atom stereocenters. The van der Waals surface area contributed by atoms with Gasteiger partial charge in [0.05, 0.1) is 4.90 Å². The van der Waals surface area contributed by atoms with Gasteiger partial charge in [-0.05, 0) is 49.8 Å². The van der Waals surface area contributed by atoms with E-state index >= 15 is 0 Å². The van der Waals surface area contributed by atoms with Crippen molar-refractivity contribution in [3.63, 3.8) is 0 Å². The van der Waals surface area contributed by atoms with Crippen molar-refractivity contribution >= 4 is 9.84 Å². The highest BCUT2D eigenvalue weighted by Gasteiger charge is 2.24. The molecule has 1 aliphatic carbocycles. The first-order valence-corrected chi connectivity index (χ1v) is 10.5. The van der Waals surface area contributed by atoms with Gasteiger partial charge in [-0.3, -0.25) is 0 Å². The second kappa shape index (κ2) is 8.27. The molecular formula is C18H29NO3S. The lowest BCUT2D eigenvalue weighted by molar-refractivity contribution is 0.198. The van der Waals surface area contributed by atoms with Crippen molar-refractivity contribution in [3.05, 3.63) is 29.8 Å². The van der Waals surface area contributed by atoms with Gasteiger partial charge in [-0.2, -0.15) is 0 Å². The molecule has 2 rings (SSSR count). The van der Waals surface area contributed by atoms with Gasteiger partial charge in [0.1, 0.15) is 0 Å². The normalized spacial score (nSPS) is 19.4. The average Bonchev–Trinajstić information content (AvgIpc) is 2.54. The van der Waals surface area contributed by atoms with Crippen LogP contribution in [0, 0.1) is 5.92 Å². The van der Waals surface area contributed by atoms with E-state index < -0.39 is 9.84 Å². The molecule has 1 aromatic rings. The predicted molar refractivity (Wildman–Crippen MR) is 93.2 cm³/mol. The Labute approximate surface area is 140 Å². The van der Waals surface area contributed by atoms with Crippen LogP contribution in [0.15, 0.2) is 29.2 Å². The van der Waals surface area contributed by atoms with Crippen LogP contribution >= 0.6 is 0 Å². The summed E-state index contributed by atoms with van der Waals surface area (Å²) in [4.78, 5) is 0.354. The molecule has 0 bridgehead atoms. The van der Waals surface area contributed by atoms with Crippen LogP contribution in [-0.4, -0.2) is 32.4 Å². The number of hydrogen-bond donors (Lipinski definition) is 2. The Morgan fingerprint density at radius 3 is 2.30 bits per heavy atom. The highest BCUT2D eigenvalue weighted by Crippen LogP contribution is 2.29. The zero-order chi connectivity index (χ0) is 16.9. The Morgan fingerprint density at radius 1 is 1.17 bits per heavy atom. The first-order valence-electron chi connectivity index (χ1n) is 8.58. The number of aliphatic hydroxyl groups excluding tert-OH is 1. The average molecular weight is 340 g/mol. The van der Waals surface area contributed by atoms with Crippen LogP contribution < -0.4 is 5.32 Å². The van der Waals surface area contributed by atoms with E-state index in [4.69, 9.17) is 0 Å². The van der Waals surface area contributed by atoms with Gasteiger partial charge in [-0.25, -0.2) is 8.42 Å². The minimum Gasteiger partial charge on any atom is -0.396 e. The number of hydrogen-bond acceptors (Lipinski definition) is 4. The zero-order valence-corrected chi connectivity index (χ0v) is 15.0. The second-order valence-corrected chi connectivity index (χ2v) is 8.76. The van der Waals surface area contributed by atoms with Gasteiger partial charge in [0.15, 0.2) is 9.84 Å². The molecular weight excluding hydrogens is 310 g/mol. The summed E-state index contributed by atoms with van der Waals surface area (Å²) >= 11 is 0. The Hall–Kier alpha value is -0.910. The van der Waals surface area contributed by atoms with Gasteiger partial charge in [0.25, 0.3) is 0 Å². The largest absolute Gasteiger partial charge is 0.396 e. The predicted octanol–water partition coefficient (Wildman–Crippen LogP) is 3.07. The molecule has 2 N–H and O–H groups in total. The molecule has 0 radical (unpaired) electrons. The number of nitrogens with one attached hydrogen (secondary N) is 1. The molecule has 0 spiro atoms. The molecule has 23 heavy (non-hydrogen) atoms. The molecule has 5 heteroatoms. The second-order valence-electron chi connectivity index (χ2n) is 6.75. The van der Waals surface area contributed by atoms with Gasteiger partial charge in [-0.15, -0.1) is 0 Å². The fourth-order valence-electron chi connectivity index (χ4n) is 3.55. The van der Waals surface area contributed by atoms with Gasteiger partial charge in [-0.1, -0.05) is 31.4 Å². The van der Waals surface area contributed by atoms with Gasteiger partial charge in [0, 0.05) is 24.9 Å². The van der Waals surface area contributed by atoms with Crippen molar-refractivity contribution in [2.24, 2.45) is 5.92 Å². The summed E-state index contributed by atoms with van der Waals surface area (Å²) < 4.78 is 23.1. The smallest absolute Gasteiger partial charge is 0.175 e. The molecule has 1 fully saturated rings. The summed E-state index contributed by atoms with van der Waals surface area (Å²) in [6.07, 6.45) is 8.36. The number of aliphatic hydroxyl groups is 1. The van der Waals surface area contributed by atoms with Crippen LogP contribution in [0.4, 0.5) is 0 Å². The van der Waals surface area contributed by atoms with Gasteiger partial charge < -0.3 is 10.4 Å². The quantitative estimate of drug-likeness (QED) is 0.801. The summed E-state index contributed by atoms with van der Waals surface area (Å²) in [5, 5.41) is 13.0. The standard InChI is InChI=1S/C18H29NO3S/c1-14(15-8-10-17(11-9-15)23(2,21)22)19-18(12-13-20)16-6-4-3-5-7-16/h8-11,14,16,18-20H,3-7,12-13H2,1-2H3. The van der Waals surface area contributed by atoms with E-state index in [1.807, 2.05) is 12.1 Å². The summed E-state index contributed by atoms with van der Waals surface area (Å²) in [7, 11) is -3.15. The maximum Gasteiger partial charge on any atom is 0.175 e. The van der Waals surface area contributed by atoms with Crippen molar-refractivity contribution < 1.29 is 13.5 Å². The maximum absolute atomic E-state index is 11.5. The first-order chi connectivity index (χ1) is 10.9. The molecule has 0 aliphatic heterocycles. The Morgan fingerprint density at radius 2 is 1.78 bits per heavy atom. The van der Waals surface area contributed by atoms with Crippen LogP contribution in [0.1, 0.15) is 57.1 Å². The third-order valence-corrected chi connectivity index (χ3v) is 6.06. The molecule has 0 saturated heterocycles. The molecule has 0 aromatic heterocycles. The number of rotatable bonds is 7. The molecule has 130 valence electrons. The van der Waals surface area contributed by atoms with Crippen molar-refractivity contribution in [1.82, 2.24) is 5.32 Å². The minimum absolute atomic E-state index is 0.141. The van der Waals surface area contributed by atoms with E-state index in [-0.39, 0.29) is 12.6 Å². The maximum atomic E-state index is 11.5. The SMILES string of the molecule is CC(NC(CCO)C1CCCCC1)c1ccc(S(C)(=O)=O)cc1. The molecule has 1 aromatic carbocycles. The highest BCUT2D eigenvalue weighted by molar-refractivity contribution is 7.90. The lowest BCUT2D eigenvalue weighted by Crippen LogP contribution is -2.39. The van der Waals surface area contributed by atoms with Crippen LogP contribution in [0.3, 0.4) is 0 Å². The van der Waals surface area contributed by atoms with E-state index in [0.717, 1.165) is 12.0 Å². The van der Waals surface area contributed by atoms with Crippen LogP contribution in [0.2, 0.25) is 0 Å². The van der Waals surface area contributed by atoms with Crippen molar-refractivity contribution in [2.45, 2.75) is 62.4 Å². The Kier molecular flexibility index (Phi) is 6.62. The summed E-state index contributed by atoms with van der Waals surface area (Å²) in [6.45, 7) is 2.30. The lowest BCUT2D eigenvalue weighted by atomic mass is 9.82. The van der Waals surface area contributed by atoms with E-state index in [9.17, 15) is 13.5 Å². The van der Waals surface area contributed by atoms with Gasteiger partial charge in [0.2, 0.25) is 0 Å². The topological polar surface area (TPSA) is 66.4 Å². The molecule has 4 nitrogen and oxygen atoms in total. The molecule has 1 saturated carbocycles. The molecule has 2 unspecified atom stereocenters. The van der Waals surface area contributed by atoms with Crippen LogP contribution in [0.25, 0.3) is 0 Å². The van der Waals surface area contributed by atoms with Crippen LogP contribution in [-0.2, 0) is 9.84 Å². The zero-order valence-electron chi connectivity index (χ0n) is 14.2. The number of benzene rings is 1. The van der Waals surface area contributed by atoms with E-state index in [2.05, 4.69) is 12.2 Å². The third kappa shape index (κ3) is 5.30. The third-order valence-electron chi connectivity index (χ3n) is 4.93. The fraction of sp³-hybridized carbons (Fsp3) is 0.667.